The first kappa shape index (κ1) is 14.7. The smallest absolute Gasteiger partial charge is 0.0332 e. The molecule has 2 rings (SSSR count). The van der Waals surface area contributed by atoms with Crippen LogP contribution >= 0.6 is 39.1 Å². The third-order valence-electron chi connectivity index (χ3n) is 4.12. The van der Waals surface area contributed by atoms with Gasteiger partial charge in [-0.3, -0.25) is 0 Å². The Bertz CT molecular complexity index is 365. The predicted octanol–water partition coefficient (Wildman–Crippen LogP) is 5.74. The molecular weight excluding hydrogens is 331 g/mol. The van der Waals surface area contributed by atoms with E-state index in [1.54, 1.807) is 0 Å². The van der Waals surface area contributed by atoms with Gasteiger partial charge in [-0.2, -0.15) is 0 Å². The molecule has 0 saturated heterocycles. The lowest BCUT2D eigenvalue weighted by Gasteiger charge is -2.33. The minimum atomic E-state index is -0.0567. The van der Waals surface area contributed by atoms with Crippen molar-refractivity contribution >= 4 is 39.1 Å². The van der Waals surface area contributed by atoms with Crippen LogP contribution in [0.15, 0.2) is 28.7 Å². The summed E-state index contributed by atoms with van der Waals surface area (Å²) in [6.45, 7) is 0. The first-order valence-electron chi connectivity index (χ1n) is 6.58. The highest BCUT2D eigenvalue weighted by Gasteiger charge is 2.34. The lowest BCUT2D eigenvalue weighted by Crippen LogP contribution is -2.32. The first-order valence-corrected chi connectivity index (χ1v) is 8.44. The lowest BCUT2D eigenvalue weighted by molar-refractivity contribution is 0.372. The van der Waals surface area contributed by atoms with E-state index in [-0.39, 0.29) is 5.41 Å². The lowest BCUT2D eigenvalue weighted by atomic mass is 9.76. The second-order valence-corrected chi connectivity index (χ2v) is 6.86. The number of hydrogen-bond donors (Lipinski definition) is 0. The van der Waals surface area contributed by atoms with Gasteiger partial charge in [0, 0.05) is 21.6 Å². The molecule has 1 aromatic rings. The van der Waals surface area contributed by atoms with Crippen LogP contribution in [0, 0.1) is 5.92 Å². The Balaban J connectivity index is 2.21. The number of benzene rings is 1. The SMILES string of the molecule is ClCC(CCl)(CC1CCCC1)c1ccc(Br)cc1. The van der Waals surface area contributed by atoms with Gasteiger partial charge in [-0.15, -0.1) is 23.2 Å². The van der Waals surface area contributed by atoms with Crippen LogP contribution in [0.3, 0.4) is 0 Å². The zero-order valence-corrected chi connectivity index (χ0v) is 13.6. The van der Waals surface area contributed by atoms with E-state index in [0.29, 0.717) is 11.8 Å². The second kappa shape index (κ2) is 6.63. The molecule has 0 nitrogen and oxygen atoms in total. The zero-order chi connectivity index (χ0) is 13.0. The zero-order valence-electron chi connectivity index (χ0n) is 10.5. The second-order valence-electron chi connectivity index (χ2n) is 5.41. The average Bonchev–Trinajstić information content (AvgIpc) is 2.90. The molecule has 0 amide bonds. The quantitative estimate of drug-likeness (QED) is 0.594. The molecule has 1 aromatic carbocycles. The van der Waals surface area contributed by atoms with E-state index in [1.165, 1.54) is 31.2 Å². The highest BCUT2D eigenvalue weighted by molar-refractivity contribution is 9.10. The van der Waals surface area contributed by atoms with Crippen LogP contribution in [0.4, 0.5) is 0 Å². The minimum Gasteiger partial charge on any atom is -0.126 e. The summed E-state index contributed by atoms with van der Waals surface area (Å²) in [5, 5.41) is 0. The molecule has 0 aliphatic heterocycles. The average molecular weight is 350 g/mol. The summed E-state index contributed by atoms with van der Waals surface area (Å²) in [5.74, 6) is 2.01. The van der Waals surface area contributed by atoms with Gasteiger partial charge in [0.2, 0.25) is 0 Å². The predicted molar refractivity (Wildman–Crippen MR) is 83.8 cm³/mol. The van der Waals surface area contributed by atoms with Crippen molar-refractivity contribution in [3.8, 4) is 0 Å². The molecule has 1 aliphatic carbocycles. The van der Waals surface area contributed by atoms with Crippen molar-refractivity contribution < 1.29 is 0 Å². The molecule has 0 unspecified atom stereocenters. The van der Waals surface area contributed by atoms with E-state index in [2.05, 4.69) is 40.2 Å². The summed E-state index contributed by atoms with van der Waals surface area (Å²) < 4.78 is 1.10. The van der Waals surface area contributed by atoms with Gasteiger partial charge in [0.05, 0.1) is 0 Å². The molecule has 0 N–H and O–H groups in total. The summed E-state index contributed by atoms with van der Waals surface area (Å²) in [7, 11) is 0. The maximum Gasteiger partial charge on any atom is 0.0332 e. The molecule has 0 spiro atoms. The third-order valence-corrected chi connectivity index (χ3v) is 5.67. The summed E-state index contributed by atoms with van der Waals surface area (Å²) in [4.78, 5) is 0. The van der Waals surface area contributed by atoms with Crippen molar-refractivity contribution in [2.24, 2.45) is 5.92 Å². The highest BCUT2D eigenvalue weighted by atomic mass is 79.9. The third kappa shape index (κ3) is 3.23. The number of hydrogen-bond acceptors (Lipinski definition) is 0. The topological polar surface area (TPSA) is 0 Å². The Kier molecular flexibility index (Phi) is 5.41. The van der Waals surface area contributed by atoms with Gasteiger partial charge < -0.3 is 0 Å². The van der Waals surface area contributed by atoms with Gasteiger partial charge in [0.15, 0.2) is 0 Å². The highest BCUT2D eigenvalue weighted by Crippen LogP contribution is 2.40. The molecule has 1 aliphatic rings. The van der Waals surface area contributed by atoms with Gasteiger partial charge >= 0.3 is 0 Å². The van der Waals surface area contributed by atoms with Crippen molar-refractivity contribution in [3.63, 3.8) is 0 Å². The Labute approximate surface area is 128 Å². The fourth-order valence-electron chi connectivity index (χ4n) is 2.99. The van der Waals surface area contributed by atoms with E-state index in [1.807, 2.05) is 0 Å². The van der Waals surface area contributed by atoms with Gasteiger partial charge in [0.25, 0.3) is 0 Å². The Morgan fingerprint density at radius 2 is 1.61 bits per heavy atom. The van der Waals surface area contributed by atoms with Crippen molar-refractivity contribution in [2.75, 3.05) is 11.8 Å². The molecule has 18 heavy (non-hydrogen) atoms. The maximum absolute atomic E-state index is 6.28. The number of halogens is 3. The molecule has 0 bridgehead atoms. The summed E-state index contributed by atoms with van der Waals surface area (Å²) in [6, 6.07) is 8.48. The van der Waals surface area contributed by atoms with Gasteiger partial charge in [-0.25, -0.2) is 0 Å². The van der Waals surface area contributed by atoms with Gasteiger partial charge in [0.1, 0.15) is 0 Å². The van der Waals surface area contributed by atoms with E-state index in [9.17, 15) is 0 Å². The van der Waals surface area contributed by atoms with Crippen LogP contribution in [0.1, 0.15) is 37.7 Å². The molecule has 1 saturated carbocycles. The number of rotatable bonds is 5. The van der Waals surface area contributed by atoms with Crippen molar-refractivity contribution in [2.45, 2.75) is 37.5 Å². The fraction of sp³-hybridized carbons (Fsp3) is 0.600. The van der Waals surface area contributed by atoms with Gasteiger partial charge in [-0.1, -0.05) is 53.7 Å². The van der Waals surface area contributed by atoms with Crippen LogP contribution in [0.2, 0.25) is 0 Å². The van der Waals surface area contributed by atoms with Gasteiger partial charge in [-0.05, 0) is 30.0 Å². The molecule has 0 radical (unpaired) electrons. The summed E-state index contributed by atoms with van der Waals surface area (Å²) in [5.41, 5.74) is 1.22. The standard InChI is InChI=1S/C15H19BrCl2/c16-14-7-5-13(6-8-14)15(10-17,11-18)9-12-3-1-2-4-12/h5-8,12H,1-4,9-11H2. The van der Waals surface area contributed by atoms with E-state index in [4.69, 9.17) is 23.2 Å². The van der Waals surface area contributed by atoms with Crippen LogP contribution < -0.4 is 0 Å². The van der Waals surface area contributed by atoms with Crippen LogP contribution in [-0.4, -0.2) is 11.8 Å². The van der Waals surface area contributed by atoms with E-state index in [0.717, 1.165) is 16.8 Å². The van der Waals surface area contributed by atoms with Crippen molar-refractivity contribution in [1.82, 2.24) is 0 Å². The van der Waals surface area contributed by atoms with Crippen LogP contribution in [0.5, 0.6) is 0 Å². The van der Waals surface area contributed by atoms with Crippen molar-refractivity contribution in [1.29, 1.82) is 0 Å². The summed E-state index contributed by atoms with van der Waals surface area (Å²) in [6.07, 6.45) is 6.54. The largest absolute Gasteiger partial charge is 0.126 e. The van der Waals surface area contributed by atoms with Crippen LogP contribution in [0.25, 0.3) is 0 Å². The molecule has 100 valence electrons. The molecule has 1 fully saturated rings. The summed E-state index contributed by atoms with van der Waals surface area (Å²) >= 11 is 16.0. The minimum absolute atomic E-state index is 0.0567. The Hall–Kier alpha value is 0.280. The fourth-order valence-corrected chi connectivity index (χ4v) is 4.06. The normalized spacial score (nSPS) is 17.3. The number of alkyl halides is 2. The van der Waals surface area contributed by atoms with Crippen molar-refractivity contribution in [3.05, 3.63) is 34.3 Å². The van der Waals surface area contributed by atoms with Crippen LogP contribution in [-0.2, 0) is 5.41 Å². The molecule has 0 atom stereocenters. The molecular formula is C15H19BrCl2. The molecule has 0 aromatic heterocycles. The monoisotopic (exact) mass is 348 g/mol. The molecule has 3 heteroatoms. The molecule has 0 heterocycles. The Morgan fingerprint density at radius 1 is 1.06 bits per heavy atom. The Morgan fingerprint density at radius 3 is 2.11 bits per heavy atom. The van der Waals surface area contributed by atoms with E-state index >= 15 is 0 Å². The first-order chi connectivity index (χ1) is 8.70. The van der Waals surface area contributed by atoms with E-state index < -0.39 is 0 Å². The maximum atomic E-state index is 6.28.